The van der Waals surface area contributed by atoms with Crippen LogP contribution in [0.4, 0.5) is 0 Å². The molecule has 0 unspecified atom stereocenters. The summed E-state index contributed by atoms with van der Waals surface area (Å²) in [6.07, 6.45) is 0. The highest BCUT2D eigenvalue weighted by atomic mass is 35.5. The van der Waals surface area contributed by atoms with Crippen molar-refractivity contribution in [3.63, 3.8) is 0 Å². The number of nitrogens with zero attached hydrogens (tertiary/aromatic N) is 1. The molecule has 3 aromatic rings. The number of halogens is 1. The first kappa shape index (κ1) is 15.6. The van der Waals surface area contributed by atoms with E-state index in [0.29, 0.717) is 10.6 Å². The van der Waals surface area contributed by atoms with Crippen LogP contribution in [0.2, 0.25) is 5.02 Å². The van der Waals surface area contributed by atoms with Gasteiger partial charge in [0.25, 0.3) is 5.91 Å². The largest absolute Gasteiger partial charge is 0.342 e. The van der Waals surface area contributed by atoms with Crippen LogP contribution in [0.5, 0.6) is 0 Å². The number of para-hydroxylation sites is 2. The molecule has 0 aliphatic heterocycles. The number of H-pyrrole nitrogens is 1. The maximum absolute atomic E-state index is 12.5. The van der Waals surface area contributed by atoms with Crippen LogP contribution in [0, 0.1) is 5.92 Å². The second-order valence-electron chi connectivity index (χ2n) is 5.84. The molecule has 4 nitrogen and oxygen atoms in total. The summed E-state index contributed by atoms with van der Waals surface area (Å²) in [5.41, 5.74) is 2.44. The lowest BCUT2D eigenvalue weighted by molar-refractivity contribution is 0.0923. The molecule has 1 aromatic heterocycles. The number of hydrogen-bond acceptors (Lipinski definition) is 2. The summed E-state index contributed by atoms with van der Waals surface area (Å²) < 4.78 is 0. The Kier molecular flexibility index (Phi) is 4.35. The molecule has 0 aliphatic rings. The first-order valence-corrected chi connectivity index (χ1v) is 7.93. The lowest BCUT2D eigenvalue weighted by Crippen LogP contribution is -2.32. The zero-order valence-corrected chi connectivity index (χ0v) is 13.8. The quantitative estimate of drug-likeness (QED) is 0.748. The maximum Gasteiger partial charge on any atom is 0.251 e. The van der Waals surface area contributed by atoms with Gasteiger partial charge in [0.1, 0.15) is 5.82 Å². The lowest BCUT2D eigenvalue weighted by atomic mass is 10.0. The van der Waals surface area contributed by atoms with Crippen molar-refractivity contribution in [2.45, 2.75) is 19.9 Å². The first-order chi connectivity index (χ1) is 11.0. The van der Waals surface area contributed by atoms with Gasteiger partial charge in [-0.2, -0.15) is 0 Å². The smallest absolute Gasteiger partial charge is 0.251 e. The normalized spacial score (nSPS) is 12.5. The SMILES string of the molecule is CC(C)[C@@H](NC(=O)c1ccc(Cl)cc1)c1nc2ccccc2[nH]1. The summed E-state index contributed by atoms with van der Waals surface area (Å²) in [5, 5.41) is 3.66. The van der Waals surface area contributed by atoms with Crippen LogP contribution in [0.25, 0.3) is 11.0 Å². The van der Waals surface area contributed by atoms with E-state index in [4.69, 9.17) is 11.6 Å². The van der Waals surface area contributed by atoms with Gasteiger partial charge < -0.3 is 10.3 Å². The molecule has 23 heavy (non-hydrogen) atoms. The molecule has 0 spiro atoms. The highest BCUT2D eigenvalue weighted by Crippen LogP contribution is 2.23. The predicted octanol–water partition coefficient (Wildman–Crippen LogP) is 4.34. The number of carbonyl (C=O) groups is 1. The molecule has 0 bridgehead atoms. The van der Waals surface area contributed by atoms with Gasteiger partial charge in [0.05, 0.1) is 17.1 Å². The Morgan fingerprint density at radius 2 is 1.83 bits per heavy atom. The van der Waals surface area contributed by atoms with Crippen molar-refractivity contribution in [2.24, 2.45) is 5.92 Å². The van der Waals surface area contributed by atoms with Crippen molar-refractivity contribution in [1.29, 1.82) is 0 Å². The van der Waals surface area contributed by atoms with Crippen LogP contribution in [0.1, 0.15) is 36.1 Å². The molecule has 2 aromatic carbocycles. The summed E-state index contributed by atoms with van der Waals surface area (Å²) in [5.74, 6) is 0.830. The van der Waals surface area contributed by atoms with Crippen LogP contribution in [-0.2, 0) is 0 Å². The second kappa shape index (κ2) is 6.42. The molecule has 3 rings (SSSR count). The van der Waals surface area contributed by atoms with Gasteiger partial charge in [-0.1, -0.05) is 37.6 Å². The van der Waals surface area contributed by atoms with E-state index in [9.17, 15) is 4.79 Å². The maximum atomic E-state index is 12.5. The highest BCUT2D eigenvalue weighted by Gasteiger charge is 2.22. The number of hydrogen-bond donors (Lipinski definition) is 2. The van der Waals surface area contributed by atoms with E-state index < -0.39 is 0 Å². The molecule has 118 valence electrons. The molecular weight excluding hydrogens is 310 g/mol. The van der Waals surface area contributed by atoms with Gasteiger partial charge in [0.2, 0.25) is 0 Å². The number of rotatable bonds is 4. The number of carbonyl (C=O) groups excluding carboxylic acids is 1. The Balaban J connectivity index is 1.86. The van der Waals surface area contributed by atoms with E-state index in [-0.39, 0.29) is 17.9 Å². The molecule has 1 heterocycles. The summed E-state index contributed by atoms with van der Waals surface area (Å²) in [4.78, 5) is 20.4. The number of fused-ring (bicyclic) bond motifs is 1. The van der Waals surface area contributed by atoms with Gasteiger partial charge in [-0.25, -0.2) is 4.98 Å². The lowest BCUT2D eigenvalue weighted by Gasteiger charge is -2.20. The molecule has 2 N–H and O–H groups in total. The molecule has 1 atom stereocenters. The second-order valence-corrected chi connectivity index (χ2v) is 6.28. The van der Waals surface area contributed by atoms with E-state index in [0.717, 1.165) is 16.9 Å². The number of imidazole rings is 1. The van der Waals surface area contributed by atoms with Gasteiger partial charge in [0, 0.05) is 10.6 Å². The van der Waals surface area contributed by atoms with E-state index in [1.54, 1.807) is 24.3 Å². The van der Waals surface area contributed by atoms with Crippen molar-refractivity contribution in [2.75, 3.05) is 0 Å². The topological polar surface area (TPSA) is 57.8 Å². The van der Waals surface area contributed by atoms with E-state index in [1.807, 2.05) is 24.3 Å². The Bertz CT molecular complexity index is 791. The molecule has 5 heteroatoms. The summed E-state index contributed by atoms with van der Waals surface area (Å²) >= 11 is 5.87. The number of nitrogens with one attached hydrogen (secondary N) is 2. The van der Waals surface area contributed by atoms with Gasteiger partial charge in [-0.05, 0) is 42.3 Å². The number of benzene rings is 2. The van der Waals surface area contributed by atoms with E-state index in [1.165, 1.54) is 0 Å². The van der Waals surface area contributed by atoms with Crippen molar-refractivity contribution >= 4 is 28.5 Å². The first-order valence-electron chi connectivity index (χ1n) is 7.55. The van der Waals surface area contributed by atoms with Crippen LogP contribution < -0.4 is 5.32 Å². The molecule has 0 aliphatic carbocycles. The van der Waals surface area contributed by atoms with E-state index in [2.05, 4.69) is 29.1 Å². The van der Waals surface area contributed by atoms with Crippen molar-refractivity contribution in [1.82, 2.24) is 15.3 Å². The van der Waals surface area contributed by atoms with Crippen LogP contribution in [0.15, 0.2) is 48.5 Å². The Labute approximate surface area is 139 Å². The molecule has 0 radical (unpaired) electrons. The minimum Gasteiger partial charge on any atom is -0.342 e. The highest BCUT2D eigenvalue weighted by molar-refractivity contribution is 6.30. The monoisotopic (exact) mass is 327 g/mol. The fourth-order valence-corrected chi connectivity index (χ4v) is 2.62. The van der Waals surface area contributed by atoms with Gasteiger partial charge in [0.15, 0.2) is 0 Å². The third kappa shape index (κ3) is 3.37. The van der Waals surface area contributed by atoms with Gasteiger partial charge in [-0.15, -0.1) is 0 Å². The molecule has 0 saturated heterocycles. The summed E-state index contributed by atoms with van der Waals surface area (Å²) in [6.45, 7) is 4.11. The fraction of sp³-hybridized carbons (Fsp3) is 0.222. The van der Waals surface area contributed by atoms with Crippen molar-refractivity contribution < 1.29 is 4.79 Å². The molecule has 0 saturated carbocycles. The number of aromatic amines is 1. The Hall–Kier alpha value is -2.33. The van der Waals surface area contributed by atoms with Crippen molar-refractivity contribution in [3.05, 3.63) is 64.9 Å². The zero-order chi connectivity index (χ0) is 16.4. The van der Waals surface area contributed by atoms with Crippen molar-refractivity contribution in [3.8, 4) is 0 Å². The fourth-order valence-electron chi connectivity index (χ4n) is 2.50. The van der Waals surface area contributed by atoms with Crippen LogP contribution >= 0.6 is 11.6 Å². The number of amides is 1. The van der Waals surface area contributed by atoms with Crippen LogP contribution in [-0.4, -0.2) is 15.9 Å². The minimum absolute atomic E-state index is 0.138. The molecule has 1 amide bonds. The third-order valence-corrected chi connectivity index (χ3v) is 4.01. The Morgan fingerprint density at radius 1 is 1.13 bits per heavy atom. The molecular formula is C18H18ClN3O. The Morgan fingerprint density at radius 3 is 2.48 bits per heavy atom. The summed E-state index contributed by atoms with van der Waals surface area (Å²) in [7, 11) is 0. The molecule has 0 fully saturated rings. The average molecular weight is 328 g/mol. The predicted molar refractivity (Wildman–Crippen MR) is 92.6 cm³/mol. The zero-order valence-electron chi connectivity index (χ0n) is 13.0. The summed E-state index contributed by atoms with van der Waals surface area (Å²) in [6, 6.07) is 14.5. The third-order valence-electron chi connectivity index (χ3n) is 3.76. The van der Waals surface area contributed by atoms with Gasteiger partial charge in [-0.3, -0.25) is 4.79 Å². The minimum atomic E-state index is -0.189. The van der Waals surface area contributed by atoms with E-state index >= 15 is 0 Å². The van der Waals surface area contributed by atoms with Crippen LogP contribution in [0.3, 0.4) is 0 Å². The standard InChI is InChI=1S/C18H18ClN3O/c1-11(2)16(17-20-14-5-3-4-6-15(14)21-17)22-18(23)12-7-9-13(19)10-8-12/h3-11,16H,1-2H3,(H,20,21)(H,22,23)/t16-/m1/s1. The average Bonchev–Trinajstić information content (AvgIpc) is 2.96. The number of aromatic nitrogens is 2. The van der Waals surface area contributed by atoms with Gasteiger partial charge >= 0.3 is 0 Å².